The SMILES string of the molecule is CO[Si](C)(CCN)OCCCCOCC1CO1. The Morgan fingerprint density at radius 2 is 2.06 bits per heavy atom. The topological polar surface area (TPSA) is 66.2 Å². The van der Waals surface area contributed by atoms with Crippen molar-refractivity contribution in [3.05, 3.63) is 0 Å². The molecule has 1 saturated heterocycles. The first-order chi connectivity index (χ1) is 8.20. The molecule has 6 heteroatoms. The van der Waals surface area contributed by atoms with E-state index in [2.05, 4.69) is 6.55 Å². The minimum absolute atomic E-state index is 0.361. The molecule has 0 amide bonds. The van der Waals surface area contributed by atoms with Crippen LogP contribution >= 0.6 is 0 Å². The van der Waals surface area contributed by atoms with Gasteiger partial charge in [0, 0.05) is 26.4 Å². The smallest absolute Gasteiger partial charge is 0.335 e. The Morgan fingerprint density at radius 3 is 2.65 bits per heavy atom. The summed E-state index contributed by atoms with van der Waals surface area (Å²) in [4.78, 5) is 0. The van der Waals surface area contributed by atoms with E-state index in [0.29, 0.717) is 12.6 Å². The summed E-state index contributed by atoms with van der Waals surface area (Å²) in [6, 6.07) is 0.846. The lowest BCUT2D eigenvalue weighted by Crippen LogP contribution is -2.39. The fourth-order valence-corrected chi connectivity index (χ4v) is 3.04. The first kappa shape index (κ1) is 15.1. The zero-order valence-electron chi connectivity index (χ0n) is 10.9. The minimum atomic E-state index is -1.99. The fraction of sp³-hybridized carbons (Fsp3) is 1.00. The second kappa shape index (κ2) is 8.18. The molecule has 1 rings (SSSR count). The molecule has 1 aliphatic rings. The molecule has 2 N–H and O–H groups in total. The van der Waals surface area contributed by atoms with Gasteiger partial charge in [-0.2, -0.15) is 0 Å². The maximum absolute atomic E-state index is 5.82. The highest BCUT2D eigenvalue weighted by molar-refractivity contribution is 6.66. The number of hydrogen-bond acceptors (Lipinski definition) is 5. The van der Waals surface area contributed by atoms with Crippen LogP contribution < -0.4 is 5.73 Å². The van der Waals surface area contributed by atoms with Gasteiger partial charge in [0.2, 0.25) is 0 Å². The van der Waals surface area contributed by atoms with Crippen molar-refractivity contribution in [1.82, 2.24) is 0 Å². The second-order valence-electron chi connectivity index (χ2n) is 4.46. The van der Waals surface area contributed by atoms with E-state index in [0.717, 1.165) is 45.3 Å². The van der Waals surface area contributed by atoms with Crippen LogP contribution in [0.5, 0.6) is 0 Å². The molecular formula is C11H25NO4Si. The van der Waals surface area contributed by atoms with Crippen LogP contribution in [0, 0.1) is 0 Å². The number of hydrogen-bond donors (Lipinski definition) is 1. The highest BCUT2D eigenvalue weighted by Crippen LogP contribution is 2.12. The van der Waals surface area contributed by atoms with E-state index >= 15 is 0 Å². The standard InChI is InChI=1S/C11H25NO4Si/c1-13-17(2,8-5-12)16-7-4-3-6-14-9-11-10-15-11/h11H,3-10,12H2,1-2H3. The van der Waals surface area contributed by atoms with Crippen LogP contribution in [0.4, 0.5) is 0 Å². The third kappa shape index (κ3) is 7.12. The number of unbranched alkanes of at least 4 members (excludes halogenated alkanes) is 1. The van der Waals surface area contributed by atoms with Crippen molar-refractivity contribution in [2.75, 3.05) is 40.1 Å². The van der Waals surface area contributed by atoms with Crippen molar-refractivity contribution in [1.29, 1.82) is 0 Å². The lowest BCUT2D eigenvalue weighted by atomic mass is 10.3. The Labute approximate surface area is 105 Å². The van der Waals surface area contributed by atoms with Crippen molar-refractivity contribution in [2.45, 2.75) is 31.5 Å². The summed E-state index contributed by atoms with van der Waals surface area (Å²) < 4.78 is 21.7. The molecule has 0 aromatic heterocycles. The average Bonchev–Trinajstić information content (AvgIpc) is 3.12. The van der Waals surface area contributed by atoms with Gasteiger partial charge in [-0.3, -0.25) is 0 Å². The summed E-state index contributed by atoms with van der Waals surface area (Å²) in [6.45, 7) is 5.80. The van der Waals surface area contributed by atoms with Crippen LogP contribution in [0.1, 0.15) is 12.8 Å². The number of rotatable bonds is 11. The first-order valence-electron chi connectivity index (χ1n) is 6.29. The molecule has 0 saturated carbocycles. The number of nitrogens with two attached hydrogens (primary N) is 1. The Balaban J connectivity index is 1.90. The lowest BCUT2D eigenvalue weighted by Gasteiger charge is -2.24. The van der Waals surface area contributed by atoms with Crippen LogP contribution in [-0.4, -0.2) is 54.7 Å². The molecule has 0 bridgehead atoms. The van der Waals surface area contributed by atoms with Crippen LogP contribution in [-0.2, 0) is 18.3 Å². The van der Waals surface area contributed by atoms with Crippen molar-refractivity contribution in [3.63, 3.8) is 0 Å². The fourth-order valence-electron chi connectivity index (χ4n) is 1.47. The van der Waals surface area contributed by atoms with Gasteiger partial charge in [0.1, 0.15) is 6.10 Å². The van der Waals surface area contributed by atoms with Gasteiger partial charge in [-0.25, -0.2) is 0 Å². The van der Waals surface area contributed by atoms with Gasteiger partial charge in [0.05, 0.1) is 13.2 Å². The van der Waals surface area contributed by atoms with Gasteiger partial charge in [-0.15, -0.1) is 0 Å². The van der Waals surface area contributed by atoms with E-state index in [9.17, 15) is 0 Å². The molecule has 0 radical (unpaired) electrons. The number of ether oxygens (including phenoxy) is 2. The van der Waals surface area contributed by atoms with Crippen molar-refractivity contribution < 1.29 is 18.3 Å². The Kier molecular flexibility index (Phi) is 7.25. The Bertz CT molecular complexity index is 204. The molecule has 2 atom stereocenters. The molecule has 5 nitrogen and oxygen atoms in total. The molecule has 0 aliphatic carbocycles. The third-order valence-corrected chi connectivity index (χ3v) is 5.70. The molecule has 1 aliphatic heterocycles. The number of epoxide rings is 1. The summed E-state index contributed by atoms with van der Waals surface area (Å²) in [5, 5.41) is 0. The molecule has 1 heterocycles. The largest absolute Gasteiger partial charge is 0.398 e. The van der Waals surface area contributed by atoms with Crippen molar-refractivity contribution in [3.8, 4) is 0 Å². The zero-order valence-corrected chi connectivity index (χ0v) is 11.9. The van der Waals surface area contributed by atoms with E-state index in [1.165, 1.54) is 0 Å². The molecule has 17 heavy (non-hydrogen) atoms. The van der Waals surface area contributed by atoms with Crippen LogP contribution in [0.15, 0.2) is 0 Å². The predicted octanol–water partition coefficient (Wildman–Crippen LogP) is 0.876. The third-order valence-electron chi connectivity index (χ3n) is 2.83. The highest BCUT2D eigenvalue weighted by Gasteiger charge is 2.28. The van der Waals surface area contributed by atoms with Gasteiger partial charge >= 0.3 is 8.56 Å². The summed E-state index contributed by atoms with van der Waals surface area (Å²) in [7, 11) is -0.277. The molecule has 0 aromatic carbocycles. The monoisotopic (exact) mass is 263 g/mol. The van der Waals surface area contributed by atoms with Gasteiger partial charge in [-0.05, 0) is 25.9 Å². The quantitative estimate of drug-likeness (QED) is 0.340. The van der Waals surface area contributed by atoms with Crippen molar-refractivity contribution >= 4 is 8.56 Å². The van der Waals surface area contributed by atoms with Crippen LogP contribution in [0.3, 0.4) is 0 Å². The molecule has 2 unspecified atom stereocenters. The second-order valence-corrected chi connectivity index (χ2v) is 7.93. The summed E-state index contributed by atoms with van der Waals surface area (Å²) >= 11 is 0. The lowest BCUT2D eigenvalue weighted by molar-refractivity contribution is 0.108. The van der Waals surface area contributed by atoms with Gasteiger partial charge in [-0.1, -0.05) is 0 Å². The van der Waals surface area contributed by atoms with E-state index in [4.69, 9.17) is 24.1 Å². The van der Waals surface area contributed by atoms with E-state index in [-0.39, 0.29) is 0 Å². The normalized spacial score (nSPS) is 22.4. The molecule has 0 aromatic rings. The first-order valence-corrected chi connectivity index (χ1v) is 8.81. The molecule has 1 fully saturated rings. The Morgan fingerprint density at radius 1 is 1.35 bits per heavy atom. The van der Waals surface area contributed by atoms with Gasteiger partial charge in [0.15, 0.2) is 0 Å². The average molecular weight is 263 g/mol. The maximum atomic E-state index is 5.82. The summed E-state index contributed by atoms with van der Waals surface area (Å²) in [5.41, 5.74) is 5.54. The minimum Gasteiger partial charge on any atom is -0.398 e. The van der Waals surface area contributed by atoms with E-state index in [1.807, 2.05) is 0 Å². The van der Waals surface area contributed by atoms with Gasteiger partial charge < -0.3 is 24.1 Å². The summed E-state index contributed by atoms with van der Waals surface area (Å²) in [6.07, 6.45) is 2.38. The zero-order chi connectivity index (χ0) is 12.6. The molecular weight excluding hydrogens is 238 g/mol. The van der Waals surface area contributed by atoms with E-state index in [1.54, 1.807) is 7.11 Å². The Hall–Kier alpha value is 0.0169. The highest BCUT2D eigenvalue weighted by atomic mass is 28.4. The molecule has 102 valence electrons. The predicted molar refractivity (Wildman–Crippen MR) is 68.2 cm³/mol. The van der Waals surface area contributed by atoms with Gasteiger partial charge in [0.25, 0.3) is 0 Å². The van der Waals surface area contributed by atoms with Crippen LogP contribution in [0.2, 0.25) is 12.6 Å². The maximum Gasteiger partial charge on any atom is 0.335 e. The molecule has 0 spiro atoms. The van der Waals surface area contributed by atoms with Crippen LogP contribution in [0.25, 0.3) is 0 Å². The van der Waals surface area contributed by atoms with E-state index < -0.39 is 8.56 Å². The summed E-state index contributed by atoms with van der Waals surface area (Å²) in [5.74, 6) is 0. The van der Waals surface area contributed by atoms with Crippen molar-refractivity contribution in [2.24, 2.45) is 5.73 Å².